The quantitative estimate of drug-likeness (QED) is 0.228. The summed E-state index contributed by atoms with van der Waals surface area (Å²) in [6.45, 7) is 3.82. The molecule has 6 nitrogen and oxygen atoms in total. The summed E-state index contributed by atoms with van der Waals surface area (Å²) in [7, 11) is 1.60. The largest absolute Gasteiger partial charge is 0.497 e. The number of amides is 2. The molecule has 1 atom stereocenters. The molecule has 4 aromatic rings. The standard InChI is InChI=1S/C32H33BrN2O4/c1-22(2)34-32(37)28(19-23-10-5-4-6-11-23)35(20-24-12-9-14-26(18-24)38-3)30(36)21-39-29-17-16-25-13-7-8-15-27(25)31(29)33/h4-18,22,28H,19-21H2,1-3H3,(H,34,37). The molecule has 1 unspecified atom stereocenters. The van der Waals surface area contributed by atoms with Crippen LogP contribution in [0.4, 0.5) is 0 Å². The fourth-order valence-electron chi connectivity index (χ4n) is 4.45. The smallest absolute Gasteiger partial charge is 0.261 e. The molecule has 0 saturated carbocycles. The lowest BCUT2D eigenvalue weighted by molar-refractivity contribution is -0.143. The number of ether oxygens (including phenoxy) is 2. The molecule has 0 heterocycles. The van der Waals surface area contributed by atoms with Gasteiger partial charge in [-0.1, -0.05) is 72.8 Å². The molecule has 1 N–H and O–H groups in total. The molecule has 0 aliphatic heterocycles. The van der Waals surface area contributed by atoms with Gasteiger partial charge in [0.25, 0.3) is 5.91 Å². The molecule has 2 amide bonds. The number of benzene rings is 4. The molecule has 7 heteroatoms. The fourth-order valence-corrected chi connectivity index (χ4v) is 5.06. The van der Waals surface area contributed by atoms with E-state index in [9.17, 15) is 9.59 Å². The minimum atomic E-state index is -0.739. The summed E-state index contributed by atoms with van der Waals surface area (Å²) in [5.74, 6) is 0.742. The Morgan fingerprint density at radius 3 is 2.36 bits per heavy atom. The molecule has 4 rings (SSSR count). The highest BCUT2D eigenvalue weighted by Gasteiger charge is 2.31. The number of nitrogens with zero attached hydrogens (tertiary/aromatic N) is 1. The van der Waals surface area contributed by atoms with Crippen molar-refractivity contribution in [2.45, 2.75) is 38.9 Å². The van der Waals surface area contributed by atoms with Crippen LogP contribution in [0.25, 0.3) is 10.8 Å². The summed E-state index contributed by atoms with van der Waals surface area (Å²) in [6.07, 6.45) is 0.370. The molecule has 0 saturated heterocycles. The van der Waals surface area contributed by atoms with Crippen molar-refractivity contribution in [2.75, 3.05) is 13.7 Å². The Balaban J connectivity index is 1.65. The van der Waals surface area contributed by atoms with Gasteiger partial charge in [-0.15, -0.1) is 0 Å². The zero-order valence-electron chi connectivity index (χ0n) is 22.4. The van der Waals surface area contributed by atoms with E-state index < -0.39 is 6.04 Å². The number of hydrogen-bond acceptors (Lipinski definition) is 4. The molecule has 0 radical (unpaired) electrons. The molecule has 0 aliphatic carbocycles. The zero-order chi connectivity index (χ0) is 27.8. The second-order valence-electron chi connectivity index (χ2n) is 9.63. The molecule has 0 fully saturated rings. The third-order valence-electron chi connectivity index (χ3n) is 6.37. The molecular formula is C32H33BrN2O4. The summed E-state index contributed by atoms with van der Waals surface area (Å²) in [5, 5.41) is 5.06. The van der Waals surface area contributed by atoms with Gasteiger partial charge in [-0.2, -0.15) is 0 Å². The number of hydrogen-bond donors (Lipinski definition) is 1. The van der Waals surface area contributed by atoms with Crippen LogP contribution in [0.2, 0.25) is 0 Å². The van der Waals surface area contributed by atoms with Crippen molar-refractivity contribution in [2.24, 2.45) is 0 Å². The summed E-state index contributed by atoms with van der Waals surface area (Å²) >= 11 is 3.63. The average Bonchev–Trinajstić information content (AvgIpc) is 2.94. The molecule has 0 bridgehead atoms. The van der Waals surface area contributed by atoms with Gasteiger partial charge in [0.1, 0.15) is 17.5 Å². The Kier molecular flexibility index (Phi) is 9.60. The van der Waals surface area contributed by atoms with Crippen LogP contribution in [0.1, 0.15) is 25.0 Å². The van der Waals surface area contributed by atoms with E-state index in [-0.39, 0.29) is 31.0 Å². The normalized spacial score (nSPS) is 11.7. The van der Waals surface area contributed by atoms with Crippen molar-refractivity contribution in [3.8, 4) is 11.5 Å². The maximum absolute atomic E-state index is 13.8. The van der Waals surface area contributed by atoms with Crippen molar-refractivity contribution in [3.05, 3.63) is 107 Å². The van der Waals surface area contributed by atoms with Crippen LogP contribution in [-0.2, 0) is 22.6 Å². The van der Waals surface area contributed by atoms with Crippen LogP contribution in [0.5, 0.6) is 11.5 Å². The average molecular weight is 590 g/mol. The first-order chi connectivity index (χ1) is 18.9. The molecule has 0 aliphatic rings. The molecule has 0 spiro atoms. The lowest BCUT2D eigenvalue weighted by atomic mass is 10.0. The summed E-state index contributed by atoms with van der Waals surface area (Å²) in [6, 6.07) is 28.2. The summed E-state index contributed by atoms with van der Waals surface area (Å²) in [5.41, 5.74) is 1.81. The minimum Gasteiger partial charge on any atom is -0.497 e. The molecule has 202 valence electrons. The Morgan fingerprint density at radius 2 is 1.62 bits per heavy atom. The first-order valence-corrected chi connectivity index (χ1v) is 13.7. The number of halogens is 1. The highest BCUT2D eigenvalue weighted by molar-refractivity contribution is 9.10. The number of carbonyl (C=O) groups is 2. The van der Waals surface area contributed by atoms with Gasteiger partial charge in [0, 0.05) is 19.0 Å². The Labute approximate surface area is 238 Å². The maximum Gasteiger partial charge on any atom is 0.261 e. The van der Waals surface area contributed by atoms with Gasteiger partial charge >= 0.3 is 0 Å². The van der Waals surface area contributed by atoms with Gasteiger partial charge in [0.2, 0.25) is 5.91 Å². The summed E-state index contributed by atoms with van der Waals surface area (Å²) < 4.78 is 12.2. The van der Waals surface area contributed by atoms with E-state index in [4.69, 9.17) is 9.47 Å². The molecule has 4 aromatic carbocycles. The van der Waals surface area contributed by atoms with Crippen LogP contribution < -0.4 is 14.8 Å². The van der Waals surface area contributed by atoms with Gasteiger partial charge < -0.3 is 19.7 Å². The maximum atomic E-state index is 13.8. The topological polar surface area (TPSA) is 67.9 Å². The van der Waals surface area contributed by atoms with Gasteiger partial charge in [-0.05, 0) is 69.9 Å². The van der Waals surface area contributed by atoms with Gasteiger partial charge in [-0.25, -0.2) is 0 Å². The second-order valence-corrected chi connectivity index (χ2v) is 10.4. The van der Waals surface area contributed by atoms with E-state index in [0.717, 1.165) is 26.4 Å². The van der Waals surface area contributed by atoms with E-state index >= 15 is 0 Å². The number of fused-ring (bicyclic) bond motifs is 1. The van der Waals surface area contributed by atoms with Gasteiger partial charge in [-0.3, -0.25) is 9.59 Å². The third-order valence-corrected chi connectivity index (χ3v) is 7.19. The highest BCUT2D eigenvalue weighted by Crippen LogP contribution is 2.33. The van der Waals surface area contributed by atoms with Crippen LogP contribution >= 0.6 is 15.9 Å². The predicted molar refractivity (Wildman–Crippen MR) is 158 cm³/mol. The number of nitrogens with one attached hydrogen (secondary N) is 1. The van der Waals surface area contributed by atoms with Crippen LogP contribution in [0.15, 0.2) is 95.5 Å². The first kappa shape index (κ1) is 28.2. The van der Waals surface area contributed by atoms with Crippen LogP contribution in [-0.4, -0.2) is 42.5 Å². The van der Waals surface area contributed by atoms with Crippen molar-refractivity contribution in [3.63, 3.8) is 0 Å². The van der Waals surface area contributed by atoms with E-state index in [1.165, 1.54) is 0 Å². The second kappa shape index (κ2) is 13.3. The first-order valence-electron chi connectivity index (χ1n) is 12.9. The number of methoxy groups -OCH3 is 1. The van der Waals surface area contributed by atoms with Crippen molar-refractivity contribution in [1.29, 1.82) is 0 Å². The molecule has 0 aromatic heterocycles. The number of rotatable bonds is 11. The molecular weight excluding hydrogens is 556 g/mol. The van der Waals surface area contributed by atoms with Gasteiger partial charge in [0.15, 0.2) is 6.61 Å². The monoisotopic (exact) mass is 588 g/mol. The van der Waals surface area contributed by atoms with E-state index in [1.54, 1.807) is 12.0 Å². The van der Waals surface area contributed by atoms with E-state index in [1.807, 2.05) is 105 Å². The van der Waals surface area contributed by atoms with Crippen LogP contribution in [0, 0.1) is 0 Å². The van der Waals surface area contributed by atoms with Crippen molar-refractivity contribution >= 4 is 38.5 Å². The van der Waals surface area contributed by atoms with E-state index in [0.29, 0.717) is 17.9 Å². The Hall–Kier alpha value is -3.84. The zero-order valence-corrected chi connectivity index (χ0v) is 24.0. The number of carbonyl (C=O) groups excluding carboxylic acids is 2. The SMILES string of the molecule is COc1cccc(CN(C(=O)COc2ccc3ccccc3c2Br)C(Cc2ccccc2)C(=O)NC(C)C)c1. The molecule has 39 heavy (non-hydrogen) atoms. The van der Waals surface area contributed by atoms with Crippen molar-refractivity contribution < 1.29 is 19.1 Å². The predicted octanol–water partition coefficient (Wildman–Crippen LogP) is 6.15. The van der Waals surface area contributed by atoms with E-state index in [2.05, 4.69) is 21.2 Å². The highest BCUT2D eigenvalue weighted by atomic mass is 79.9. The Bertz CT molecular complexity index is 1420. The van der Waals surface area contributed by atoms with Crippen molar-refractivity contribution in [1.82, 2.24) is 10.2 Å². The van der Waals surface area contributed by atoms with Crippen LogP contribution in [0.3, 0.4) is 0 Å². The lowest BCUT2D eigenvalue weighted by Gasteiger charge is -2.32. The minimum absolute atomic E-state index is 0.0747. The van der Waals surface area contributed by atoms with Gasteiger partial charge in [0.05, 0.1) is 11.6 Å². The third kappa shape index (κ3) is 7.39. The summed E-state index contributed by atoms with van der Waals surface area (Å²) in [4.78, 5) is 29.0. The Morgan fingerprint density at radius 1 is 0.897 bits per heavy atom. The lowest BCUT2D eigenvalue weighted by Crippen LogP contribution is -2.52. The fraction of sp³-hybridized carbons (Fsp3) is 0.250.